The Morgan fingerprint density at radius 3 is 2.67 bits per heavy atom. The second-order valence-corrected chi connectivity index (χ2v) is 6.81. The number of nitro groups is 1. The van der Waals surface area contributed by atoms with Gasteiger partial charge in [-0.3, -0.25) is 19.5 Å². The molecule has 1 N–H and O–H groups in total. The zero-order chi connectivity index (χ0) is 19.4. The molecule has 0 fully saturated rings. The van der Waals surface area contributed by atoms with E-state index in [0.29, 0.717) is 16.4 Å². The molecule has 2 aromatic carbocycles. The fourth-order valence-corrected chi connectivity index (χ4v) is 3.21. The molecule has 1 amide bonds. The maximum absolute atomic E-state index is 12.3. The fourth-order valence-electron chi connectivity index (χ4n) is 2.48. The van der Waals surface area contributed by atoms with Gasteiger partial charge in [-0.25, -0.2) is 0 Å². The molecule has 0 radical (unpaired) electrons. The van der Waals surface area contributed by atoms with Gasteiger partial charge in [-0.05, 0) is 32.0 Å². The van der Waals surface area contributed by atoms with Crippen LogP contribution in [0.3, 0.4) is 0 Å². The minimum absolute atomic E-state index is 0.0282. The fraction of sp³-hybridized carbons (Fsp3) is 0.167. The van der Waals surface area contributed by atoms with E-state index in [-0.39, 0.29) is 17.3 Å². The molecule has 0 saturated heterocycles. The number of hydrogen-bond acceptors (Lipinski definition) is 6. The Morgan fingerprint density at radius 1 is 1.22 bits per heavy atom. The van der Waals surface area contributed by atoms with Gasteiger partial charge in [0.2, 0.25) is 5.91 Å². The number of rotatable bonds is 6. The SMILES string of the molecule is Cc1ccc(-n2cnnc2SCC(=O)Nc2cccc([N+](=O)[O-])c2C)cc1. The summed E-state index contributed by atoms with van der Waals surface area (Å²) in [6.07, 6.45) is 1.59. The second-order valence-electron chi connectivity index (χ2n) is 5.86. The van der Waals surface area contributed by atoms with Gasteiger partial charge in [0.25, 0.3) is 5.69 Å². The van der Waals surface area contributed by atoms with E-state index < -0.39 is 4.92 Å². The number of hydrogen-bond donors (Lipinski definition) is 1. The molecule has 0 saturated carbocycles. The van der Waals surface area contributed by atoms with Crippen LogP contribution in [0.2, 0.25) is 0 Å². The van der Waals surface area contributed by atoms with Crippen molar-refractivity contribution in [2.24, 2.45) is 0 Å². The van der Waals surface area contributed by atoms with E-state index in [0.717, 1.165) is 11.3 Å². The highest BCUT2D eigenvalue weighted by molar-refractivity contribution is 7.99. The normalized spacial score (nSPS) is 10.6. The van der Waals surface area contributed by atoms with Crippen LogP contribution in [0.4, 0.5) is 11.4 Å². The van der Waals surface area contributed by atoms with Crippen LogP contribution in [-0.4, -0.2) is 31.3 Å². The summed E-state index contributed by atoms with van der Waals surface area (Å²) in [5.41, 5.74) is 2.87. The molecule has 0 aliphatic carbocycles. The van der Waals surface area contributed by atoms with E-state index >= 15 is 0 Å². The predicted molar refractivity (Wildman–Crippen MR) is 103 cm³/mol. The summed E-state index contributed by atoms with van der Waals surface area (Å²) in [7, 11) is 0. The summed E-state index contributed by atoms with van der Waals surface area (Å²) in [6.45, 7) is 3.61. The van der Waals surface area contributed by atoms with Gasteiger partial charge in [-0.1, -0.05) is 35.5 Å². The molecule has 9 heteroatoms. The van der Waals surface area contributed by atoms with E-state index in [4.69, 9.17) is 0 Å². The number of carbonyl (C=O) groups excluding carboxylic acids is 1. The molecule has 0 spiro atoms. The van der Waals surface area contributed by atoms with Crippen LogP contribution in [-0.2, 0) is 4.79 Å². The molecular formula is C18H17N5O3S. The molecule has 0 atom stereocenters. The second kappa shape index (κ2) is 8.00. The maximum Gasteiger partial charge on any atom is 0.274 e. The van der Waals surface area contributed by atoms with Crippen molar-refractivity contribution >= 4 is 29.0 Å². The first-order chi connectivity index (χ1) is 13.0. The van der Waals surface area contributed by atoms with Gasteiger partial charge in [-0.15, -0.1) is 10.2 Å². The first-order valence-electron chi connectivity index (χ1n) is 8.09. The molecule has 0 unspecified atom stereocenters. The van der Waals surface area contributed by atoms with E-state index in [1.807, 2.05) is 31.2 Å². The monoisotopic (exact) mass is 383 g/mol. The number of carbonyl (C=O) groups is 1. The molecule has 1 aromatic heterocycles. The summed E-state index contributed by atoms with van der Waals surface area (Å²) in [5.74, 6) is -0.172. The Kier molecular flexibility index (Phi) is 5.51. The minimum atomic E-state index is -0.468. The van der Waals surface area contributed by atoms with Crippen LogP contribution in [0, 0.1) is 24.0 Å². The van der Waals surface area contributed by atoms with Crippen molar-refractivity contribution in [2.75, 3.05) is 11.1 Å². The Labute approximate surface area is 159 Å². The number of aryl methyl sites for hydroxylation is 1. The Hall–Kier alpha value is -3.20. The Balaban J connectivity index is 1.67. The van der Waals surface area contributed by atoms with Crippen molar-refractivity contribution in [1.29, 1.82) is 0 Å². The quantitative estimate of drug-likeness (QED) is 0.397. The van der Waals surface area contributed by atoms with Gasteiger partial charge in [0.15, 0.2) is 5.16 Å². The lowest BCUT2D eigenvalue weighted by Crippen LogP contribution is -2.15. The number of nitro benzene ring substituents is 1. The number of amides is 1. The Morgan fingerprint density at radius 2 is 1.96 bits per heavy atom. The van der Waals surface area contributed by atoms with Gasteiger partial charge in [0.05, 0.1) is 21.9 Å². The van der Waals surface area contributed by atoms with E-state index in [1.165, 1.54) is 17.8 Å². The number of nitrogens with zero attached hydrogens (tertiary/aromatic N) is 4. The molecule has 138 valence electrons. The lowest BCUT2D eigenvalue weighted by atomic mass is 10.1. The van der Waals surface area contributed by atoms with Crippen LogP contribution in [0.5, 0.6) is 0 Å². The number of aromatic nitrogens is 3. The lowest BCUT2D eigenvalue weighted by molar-refractivity contribution is -0.385. The Bertz CT molecular complexity index is 985. The first-order valence-corrected chi connectivity index (χ1v) is 9.08. The lowest BCUT2D eigenvalue weighted by Gasteiger charge is -2.09. The average molecular weight is 383 g/mol. The third kappa shape index (κ3) is 4.32. The van der Waals surface area contributed by atoms with E-state index in [9.17, 15) is 14.9 Å². The van der Waals surface area contributed by atoms with Crippen LogP contribution in [0.15, 0.2) is 53.9 Å². The van der Waals surface area contributed by atoms with Gasteiger partial charge >= 0.3 is 0 Å². The molecule has 27 heavy (non-hydrogen) atoms. The van der Waals surface area contributed by atoms with Gasteiger partial charge in [0.1, 0.15) is 6.33 Å². The van der Waals surface area contributed by atoms with Crippen molar-refractivity contribution in [2.45, 2.75) is 19.0 Å². The van der Waals surface area contributed by atoms with Crippen LogP contribution >= 0.6 is 11.8 Å². The highest BCUT2D eigenvalue weighted by Gasteiger charge is 2.16. The third-order valence-electron chi connectivity index (χ3n) is 3.94. The van der Waals surface area contributed by atoms with Crippen LogP contribution in [0.25, 0.3) is 5.69 Å². The maximum atomic E-state index is 12.3. The molecular weight excluding hydrogens is 366 g/mol. The van der Waals surface area contributed by atoms with E-state index in [1.54, 1.807) is 30.0 Å². The standard InChI is InChI=1S/C18H17N5O3S/c1-12-6-8-14(9-7-12)22-11-19-21-18(22)27-10-17(24)20-15-4-3-5-16(13(15)2)23(25)26/h3-9,11H,10H2,1-2H3,(H,20,24). The molecule has 0 aliphatic heterocycles. The van der Waals surface area contributed by atoms with Crippen molar-refractivity contribution in [3.8, 4) is 5.69 Å². The van der Waals surface area contributed by atoms with Crippen molar-refractivity contribution in [1.82, 2.24) is 14.8 Å². The highest BCUT2D eigenvalue weighted by atomic mass is 32.2. The smallest absolute Gasteiger partial charge is 0.274 e. The van der Waals surface area contributed by atoms with Crippen LogP contribution < -0.4 is 5.32 Å². The van der Waals surface area contributed by atoms with Crippen LogP contribution in [0.1, 0.15) is 11.1 Å². The largest absolute Gasteiger partial charge is 0.325 e. The summed E-state index contributed by atoms with van der Waals surface area (Å²) in [6, 6.07) is 12.5. The van der Waals surface area contributed by atoms with Crippen molar-refractivity contribution in [3.05, 3.63) is 70.0 Å². The summed E-state index contributed by atoms with van der Waals surface area (Å²) >= 11 is 1.24. The molecule has 3 aromatic rings. The topological polar surface area (TPSA) is 103 Å². The predicted octanol–water partition coefficient (Wildman–Crippen LogP) is 3.52. The molecule has 1 heterocycles. The average Bonchev–Trinajstić information content (AvgIpc) is 3.11. The van der Waals surface area contributed by atoms with Crippen molar-refractivity contribution in [3.63, 3.8) is 0 Å². The highest BCUT2D eigenvalue weighted by Crippen LogP contribution is 2.26. The molecule has 0 bridgehead atoms. The van der Waals surface area contributed by atoms with Gasteiger partial charge in [-0.2, -0.15) is 0 Å². The third-order valence-corrected chi connectivity index (χ3v) is 4.88. The van der Waals surface area contributed by atoms with E-state index in [2.05, 4.69) is 15.5 Å². The molecule has 0 aliphatic rings. The minimum Gasteiger partial charge on any atom is -0.325 e. The van der Waals surface area contributed by atoms with Crippen molar-refractivity contribution < 1.29 is 9.72 Å². The zero-order valence-electron chi connectivity index (χ0n) is 14.7. The number of benzene rings is 2. The zero-order valence-corrected chi connectivity index (χ0v) is 15.6. The molecule has 3 rings (SSSR count). The number of thioether (sulfide) groups is 1. The summed E-state index contributed by atoms with van der Waals surface area (Å²) < 4.78 is 1.80. The number of nitrogens with one attached hydrogen (secondary N) is 1. The van der Waals surface area contributed by atoms with Gasteiger partial charge < -0.3 is 5.32 Å². The summed E-state index contributed by atoms with van der Waals surface area (Å²) in [5, 5.41) is 22.3. The molecule has 8 nitrogen and oxygen atoms in total. The first kappa shape index (κ1) is 18.6. The summed E-state index contributed by atoms with van der Waals surface area (Å²) in [4.78, 5) is 22.8. The number of anilines is 1. The van der Waals surface area contributed by atoms with Gasteiger partial charge in [0, 0.05) is 11.8 Å².